The Bertz CT molecular complexity index is 316. The molecule has 0 aromatic carbocycles. The molecular formula is C9H15N3O2. The summed E-state index contributed by atoms with van der Waals surface area (Å²) in [4.78, 5) is 10.5. The van der Waals surface area contributed by atoms with Gasteiger partial charge in [0.2, 0.25) is 0 Å². The molecule has 0 radical (unpaired) electrons. The molecule has 5 nitrogen and oxygen atoms in total. The topological polar surface area (TPSA) is 61.0 Å². The van der Waals surface area contributed by atoms with Crippen LogP contribution in [0.2, 0.25) is 0 Å². The van der Waals surface area contributed by atoms with Crippen LogP contribution in [0.15, 0.2) is 6.20 Å². The quantitative estimate of drug-likeness (QED) is 0.552. The van der Waals surface area contributed by atoms with Gasteiger partial charge in [-0.3, -0.25) is 0 Å². The average molecular weight is 197 g/mol. The third kappa shape index (κ3) is 1.76. The van der Waals surface area contributed by atoms with E-state index in [0.29, 0.717) is 5.56 Å². The zero-order chi connectivity index (χ0) is 10.9. The fraction of sp³-hybridized carbons (Fsp3) is 0.667. The van der Waals surface area contributed by atoms with Gasteiger partial charge in [-0.05, 0) is 24.7 Å². The van der Waals surface area contributed by atoms with Gasteiger partial charge in [-0.25, -0.2) is 0 Å². The summed E-state index contributed by atoms with van der Waals surface area (Å²) in [6, 6.07) is 0.0166. The molecule has 78 valence electrons. The summed E-state index contributed by atoms with van der Waals surface area (Å²) >= 11 is 0. The van der Waals surface area contributed by atoms with Crippen molar-refractivity contribution in [3.05, 3.63) is 21.9 Å². The van der Waals surface area contributed by atoms with Crippen molar-refractivity contribution >= 4 is 5.82 Å². The summed E-state index contributed by atoms with van der Waals surface area (Å²) in [7, 11) is 0. The van der Waals surface area contributed by atoms with Crippen molar-refractivity contribution in [3.8, 4) is 0 Å². The first-order valence-corrected chi connectivity index (χ1v) is 4.67. The molecule has 1 rings (SSSR count). The van der Waals surface area contributed by atoms with Gasteiger partial charge in [0.1, 0.15) is 6.04 Å². The molecule has 0 amide bonds. The minimum atomic E-state index is -0.359. The highest BCUT2D eigenvalue weighted by molar-refractivity contribution is 5.34. The van der Waals surface area contributed by atoms with Crippen LogP contribution in [0, 0.1) is 10.1 Å². The van der Waals surface area contributed by atoms with E-state index in [4.69, 9.17) is 0 Å². The number of nitro groups is 1. The zero-order valence-corrected chi connectivity index (χ0v) is 8.89. The van der Waals surface area contributed by atoms with E-state index in [0.717, 1.165) is 0 Å². The second kappa shape index (κ2) is 3.77. The van der Waals surface area contributed by atoms with Crippen LogP contribution in [0.25, 0.3) is 0 Å². The highest BCUT2D eigenvalue weighted by Crippen LogP contribution is 2.27. The summed E-state index contributed by atoms with van der Waals surface area (Å²) in [6.07, 6.45) is 1.59. The molecule has 0 N–H and O–H groups in total. The van der Waals surface area contributed by atoms with E-state index in [9.17, 15) is 10.1 Å². The van der Waals surface area contributed by atoms with Crippen LogP contribution in [0.3, 0.4) is 0 Å². The fourth-order valence-corrected chi connectivity index (χ4v) is 1.34. The van der Waals surface area contributed by atoms with E-state index in [1.807, 2.05) is 27.7 Å². The third-order valence-electron chi connectivity index (χ3n) is 2.08. The van der Waals surface area contributed by atoms with E-state index in [1.165, 1.54) is 4.68 Å². The van der Waals surface area contributed by atoms with Gasteiger partial charge in [0, 0.05) is 0 Å². The molecule has 0 aliphatic carbocycles. The molecular weight excluding hydrogens is 182 g/mol. The minimum absolute atomic E-state index is 0.0166. The Morgan fingerprint density at radius 1 is 1.43 bits per heavy atom. The molecule has 1 aromatic rings. The molecule has 0 aliphatic heterocycles. The van der Waals surface area contributed by atoms with Gasteiger partial charge in [-0.1, -0.05) is 18.9 Å². The van der Waals surface area contributed by atoms with Gasteiger partial charge >= 0.3 is 5.82 Å². The molecule has 0 unspecified atom stereocenters. The first kappa shape index (κ1) is 10.7. The number of nitrogens with zero attached hydrogens (tertiary/aromatic N) is 3. The lowest BCUT2D eigenvalue weighted by Crippen LogP contribution is -2.08. The van der Waals surface area contributed by atoms with Crippen molar-refractivity contribution in [2.75, 3.05) is 0 Å². The SMILES string of the molecule is CC(C)c1cnn(C(C)C)c1[N+](=O)[O-]. The molecule has 1 heterocycles. The Morgan fingerprint density at radius 3 is 2.36 bits per heavy atom. The molecule has 0 fully saturated rings. The molecule has 0 spiro atoms. The Hall–Kier alpha value is -1.39. The maximum atomic E-state index is 10.9. The lowest BCUT2D eigenvalue weighted by molar-refractivity contribution is -0.393. The Kier molecular flexibility index (Phi) is 2.88. The summed E-state index contributed by atoms with van der Waals surface area (Å²) in [5, 5.41) is 14.9. The molecule has 0 bridgehead atoms. The average Bonchev–Trinajstić information content (AvgIpc) is 2.46. The minimum Gasteiger partial charge on any atom is -0.358 e. The van der Waals surface area contributed by atoms with Crippen LogP contribution < -0.4 is 0 Å². The van der Waals surface area contributed by atoms with Crippen LogP contribution in [0.5, 0.6) is 0 Å². The Labute approximate surface area is 82.9 Å². The predicted octanol–water partition coefficient (Wildman–Crippen LogP) is 2.50. The first-order valence-electron chi connectivity index (χ1n) is 4.67. The van der Waals surface area contributed by atoms with Crippen LogP contribution in [0.4, 0.5) is 5.82 Å². The van der Waals surface area contributed by atoms with Crippen LogP contribution in [-0.2, 0) is 0 Å². The van der Waals surface area contributed by atoms with Gasteiger partial charge in [0.25, 0.3) is 0 Å². The summed E-state index contributed by atoms with van der Waals surface area (Å²) < 4.78 is 1.45. The van der Waals surface area contributed by atoms with Crippen molar-refractivity contribution in [3.63, 3.8) is 0 Å². The monoisotopic (exact) mass is 197 g/mol. The number of aromatic nitrogens is 2. The molecule has 0 aliphatic rings. The lowest BCUT2D eigenvalue weighted by atomic mass is 10.1. The van der Waals surface area contributed by atoms with Gasteiger partial charge in [0.05, 0.1) is 11.8 Å². The van der Waals surface area contributed by atoms with Crippen molar-refractivity contribution < 1.29 is 4.92 Å². The van der Waals surface area contributed by atoms with Crippen molar-refractivity contribution in [2.24, 2.45) is 0 Å². The molecule has 5 heteroatoms. The second-order valence-corrected chi connectivity index (χ2v) is 3.87. The smallest absolute Gasteiger partial charge is 0.348 e. The van der Waals surface area contributed by atoms with Gasteiger partial charge in [-0.15, -0.1) is 4.68 Å². The van der Waals surface area contributed by atoms with Crippen molar-refractivity contribution in [2.45, 2.75) is 39.7 Å². The van der Waals surface area contributed by atoms with E-state index < -0.39 is 0 Å². The van der Waals surface area contributed by atoms with Gasteiger partial charge < -0.3 is 10.1 Å². The Balaban J connectivity index is 3.28. The highest BCUT2D eigenvalue weighted by atomic mass is 16.6. The van der Waals surface area contributed by atoms with Crippen LogP contribution in [-0.4, -0.2) is 14.7 Å². The molecule has 0 atom stereocenters. The third-order valence-corrected chi connectivity index (χ3v) is 2.08. The highest BCUT2D eigenvalue weighted by Gasteiger charge is 2.25. The summed E-state index contributed by atoms with van der Waals surface area (Å²) in [5.41, 5.74) is 0.698. The fourth-order valence-electron chi connectivity index (χ4n) is 1.34. The maximum absolute atomic E-state index is 10.9. The molecule has 14 heavy (non-hydrogen) atoms. The predicted molar refractivity (Wildman–Crippen MR) is 53.4 cm³/mol. The molecule has 0 saturated heterocycles. The van der Waals surface area contributed by atoms with E-state index in [-0.39, 0.29) is 22.7 Å². The normalized spacial score (nSPS) is 11.3. The number of rotatable bonds is 3. The standard InChI is InChI=1S/C9H15N3O2/c1-6(2)8-5-10-11(7(3)4)9(8)12(13)14/h5-7H,1-4H3. The summed E-state index contributed by atoms with van der Waals surface area (Å²) in [5.74, 6) is 0.248. The van der Waals surface area contributed by atoms with E-state index in [1.54, 1.807) is 6.20 Å². The van der Waals surface area contributed by atoms with E-state index >= 15 is 0 Å². The zero-order valence-electron chi connectivity index (χ0n) is 8.89. The maximum Gasteiger partial charge on any atom is 0.348 e. The summed E-state index contributed by atoms with van der Waals surface area (Å²) in [6.45, 7) is 7.61. The molecule has 1 aromatic heterocycles. The largest absolute Gasteiger partial charge is 0.358 e. The Morgan fingerprint density at radius 2 is 2.00 bits per heavy atom. The first-order chi connectivity index (χ1) is 6.45. The lowest BCUT2D eigenvalue weighted by Gasteiger charge is -2.05. The second-order valence-electron chi connectivity index (χ2n) is 3.87. The van der Waals surface area contributed by atoms with Gasteiger partial charge in [-0.2, -0.15) is 0 Å². The van der Waals surface area contributed by atoms with Crippen LogP contribution in [0.1, 0.15) is 45.2 Å². The number of hydrogen-bond acceptors (Lipinski definition) is 3. The number of hydrogen-bond donors (Lipinski definition) is 0. The van der Waals surface area contributed by atoms with Crippen molar-refractivity contribution in [1.82, 2.24) is 9.78 Å². The van der Waals surface area contributed by atoms with Gasteiger partial charge in [0.15, 0.2) is 0 Å². The van der Waals surface area contributed by atoms with E-state index in [2.05, 4.69) is 5.10 Å². The molecule has 0 saturated carbocycles. The van der Waals surface area contributed by atoms with Crippen molar-refractivity contribution in [1.29, 1.82) is 0 Å². The van der Waals surface area contributed by atoms with Crippen LogP contribution >= 0.6 is 0 Å².